The monoisotopic (exact) mass is 255 g/mol. The van der Waals surface area contributed by atoms with Gasteiger partial charge < -0.3 is 10.1 Å². The number of rotatable bonds is 5. The summed E-state index contributed by atoms with van der Waals surface area (Å²) in [7, 11) is 0. The van der Waals surface area contributed by atoms with Crippen LogP contribution in [0.15, 0.2) is 12.3 Å². The molecular weight excluding hydrogens is 238 g/mol. The van der Waals surface area contributed by atoms with Gasteiger partial charge in [-0.3, -0.25) is 0 Å². The maximum atomic E-state index is 5.67. The van der Waals surface area contributed by atoms with E-state index < -0.39 is 0 Å². The molecule has 2 rings (SSSR count). The molecule has 1 aromatic rings. The summed E-state index contributed by atoms with van der Waals surface area (Å²) in [5, 5.41) is 3.66. The minimum absolute atomic E-state index is 0.235. The molecule has 1 aromatic heterocycles. The first-order chi connectivity index (χ1) is 8.34. The van der Waals surface area contributed by atoms with E-state index in [4.69, 9.17) is 16.3 Å². The van der Waals surface area contributed by atoms with Crippen LogP contribution < -0.4 is 10.1 Å². The topological polar surface area (TPSA) is 47.0 Å². The SMILES string of the molecule is Clc1nccc(OCCC[C@H]2CCCNC2)n1. The highest BCUT2D eigenvalue weighted by molar-refractivity contribution is 6.28. The largest absolute Gasteiger partial charge is 0.478 e. The smallest absolute Gasteiger partial charge is 0.225 e. The van der Waals surface area contributed by atoms with Gasteiger partial charge in [0.15, 0.2) is 0 Å². The molecule has 1 aliphatic heterocycles. The average molecular weight is 256 g/mol. The van der Waals surface area contributed by atoms with Crippen LogP contribution in [0.3, 0.4) is 0 Å². The lowest BCUT2D eigenvalue weighted by Crippen LogP contribution is -2.29. The van der Waals surface area contributed by atoms with E-state index in [2.05, 4.69) is 15.3 Å². The van der Waals surface area contributed by atoms with Crippen molar-refractivity contribution in [3.63, 3.8) is 0 Å². The van der Waals surface area contributed by atoms with E-state index in [-0.39, 0.29) is 5.28 Å². The Morgan fingerprint density at radius 3 is 3.24 bits per heavy atom. The summed E-state index contributed by atoms with van der Waals surface area (Å²) >= 11 is 5.67. The maximum Gasteiger partial charge on any atom is 0.225 e. The van der Waals surface area contributed by atoms with Crippen molar-refractivity contribution in [2.24, 2.45) is 5.92 Å². The van der Waals surface area contributed by atoms with Gasteiger partial charge in [0.05, 0.1) is 6.61 Å². The van der Waals surface area contributed by atoms with Gasteiger partial charge in [0, 0.05) is 12.3 Å². The van der Waals surface area contributed by atoms with E-state index in [0.29, 0.717) is 12.5 Å². The van der Waals surface area contributed by atoms with Gasteiger partial charge >= 0.3 is 0 Å². The van der Waals surface area contributed by atoms with Crippen LogP contribution in [0.5, 0.6) is 5.88 Å². The zero-order chi connectivity index (χ0) is 11.9. The van der Waals surface area contributed by atoms with E-state index in [1.807, 2.05) is 0 Å². The zero-order valence-electron chi connectivity index (χ0n) is 9.86. The summed E-state index contributed by atoms with van der Waals surface area (Å²) in [5.74, 6) is 1.37. The van der Waals surface area contributed by atoms with E-state index in [1.165, 1.54) is 25.8 Å². The van der Waals surface area contributed by atoms with Crippen LogP contribution in [-0.2, 0) is 0 Å². The highest BCUT2D eigenvalue weighted by atomic mass is 35.5. The van der Waals surface area contributed by atoms with E-state index in [9.17, 15) is 0 Å². The highest BCUT2D eigenvalue weighted by Crippen LogP contribution is 2.16. The summed E-state index contributed by atoms with van der Waals surface area (Å²) in [4.78, 5) is 7.78. The molecule has 5 heteroatoms. The molecular formula is C12H18ClN3O. The Morgan fingerprint density at radius 1 is 1.53 bits per heavy atom. The fourth-order valence-corrected chi connectivity index (χ4v) is 2.26. The molecule has 0 saturated carbocycles. The molecule has 0 bridgehead atoms. The van der Waals surface area contributed by atoms with Gasteiger partial charge in [0.1, 0.15) is 0 Å². The second kappa shape index (κ2) is 6.77. The predicted molar refractivity (Wildman–Crippen MR) is 67.4 cm³/mol. The quantitative estimate of drug-likeness (QED) is 0.648. The number of nitrogens with zero attached hydrogens (tertiary/aromatic N) is 2. The first kappa shape index (κ1) is 12.6. The molecule has 0 aliphatic carbocycles. The van der Waals surface area contributed by atoms with Crippen LogP contribution in [0.4, 0.5) is 0 Å². The highest BCUT2D eigenvalue weighted by Gasteiger charge is 2.12. The van der Waals surface area contributed by atoms with Crippen molar-refractivity contribution in [2.45, 2.75) is 25.7 Å². The second-order valence-corrected chi connectivity index (χ2v) is 4.71. The molecule has 1 saturated heterocycles. The Kier molecular flexibility index (Phi) is 5.01. The Labute approximate surface area is 107 Å². The van der Waals surface area contributed by atoms with Gasteiger partial charge in [-0.1, -0.05) is 0 Å². The summed E-state index contributed by atoms with van der Waals surface area (Å²) in [6, 6.07) is 1.73. The van der Waals surface area contributed by atoms with Crippen molar-refractivity contribution in [1.82, 2.24) is 15.3 Å². The predicted octanol–water partition coefficient (Wildman–Crippen LogP) is 2.29. The van der Waals surface area contributed by atoms with Crippen LogP contribution in [0.1, 0.15) is 25.7 Å². The van der Waals surface area contributed by atoms with Crippen LogP contribution >= 0.6 is 11.6 Å². The molecule has 17 heavy (non-hydrogen) atoms. The van der Waals surface area contributed by atoms with Gasteiger partial charge in [-0.2, -0.15) is 4.98 Å². The van der Waals surface area contributed by atoms with Crippen molar-refractivity contribution in [2.75, 3.05) is 19.7 Å². The number of nitrogens with one attached hydrogen (secondary N) is 1. The molecule has 2 heterocycles. The minimum atomic E-state index is 0.235. The summed E-state index contributed by atoms with van der Waals surface area (Å²) in [5.41, 5.74) is 0. The van der Waals surface area contributed by atoms with Gasteiger partial charge in [-0.15, -0.1) is 0 Å². The number of halogens is 1. The van der Waals surface area contributed by atoms with E-state index in [0.717, 1.165) is 18.9 Å². The first-order valence-corrected chi connectivity index (χ1v) is 6.54. The summed E-state index contributed by atoms with van der Waals surface area (Å²) in [6.07, 6.45) is 6.52. The van der Waals surface area contributed by atoms with Crippen molar-refractivity contribution >= 4 is 11.6 Å². The molecule has 0 radical (unpaired) electrons. The van der Waals surface area contributed by atoms with Crippen molar-refractivity contribution in [1.29, 1.82) is 0 Å². The number of aromatic nitrogens is 2. The molecule has 1 atom stereocenters. The van der Waals surface area contributed by atoms with Crippen LogP contribution in [0.25, 0.3) is 0 Å². The molecule has 1 N–H and O–H groups in total. The van der Waals surface area contributed by atoms with Crippen LogP contribution in [-0.4, -0.2) is 29.7 Å². The fourth-order valence-electron chi connectivity index (χ4n) is 2.12. The lowest BCUT2D eigenvalue weighted by molar-refractivity contribution is 0.268. The third kappa shape index (κ3) is 4.48. The molecule has 0 spiro atoms. The number of ether oxygens (including phenoxy) is 1. The zero-order valence-corrected chi connectivity index (χ0v) is 10.6. The lowest BCUT2D eigenvalue weighted by Gasteiger charge is -2.22. The van der Waals surface area contributed by atoms with Crippen molar-refractivity contribution < 1.29 is 4.74 Å². The Balaban J connectivity index is 1.62. The van der Waals surface area contributed by atoms with Gasteiger partial charge in [0.25, 0.3) is 0 Å². The van der Waals surface area contributed by atoms with E-state index in [1.54, 1.807) is 12.3 Å². The van der Waals surface area contributed by atoms with Crippen LogP contribution in [0, 0.1) is 5.92 Å². The molecule has 94 valence electrons. The van der Waals surface area contributed by atoms with Gasteiger partial charge in [-0.05, 0) is 56.3 Å². The second-order valence-electron chi connectivity index (χ2n) is 4.37. The van der Waals surface area contributed by atoms with Crippen LogP contribution in [0.2, 0.25) is 5.28 Å². The normalized spacial score (nSPS) is 20.2. The summed E-state index contributed by atoms with van der Waals surface area (Å²) < 4.78 is 5.52. The third-order valence-electron chi connectivity index (χ3n) is 3.01. The molecule has 0 unspecified atom stereocenters. The van der Waals surface area contributed by atoms with Gasteiger partial charge in [0.2, 0.25) is 11.2 Å². The molecule has 1 aliphatic rings. The van der Waals surface area contributed by atoms with Gasteiger partial charge in [-0.25, -0.2) is 4.98 Å². The maximum absolute atomic E-state index is 5.67. The van der Waals surface area contributed by atoms with E-state index >= 15 is 0 Å². The Morgan fingerprint density at radius 2 is 2.47 bits per heavy atom. The lowest BCUT2D eigenvalue weighted by atomic mass is 9.95. The first-order valence-electron chi connectivity index (χ1n) is 6.16. The number of piperidine rings is 1. The average Bonchev–Trinajstić information content (AvgIpc) is 2.36. The number of hydrogen-bond donors (Lipinski definition) is 1. The third-order valence-corrected chi connectivity index (χ3v) is 3.19. The fraction of sp³-hybridized carbons (Fsp3) is 0.667. The van der Waals surface area contributed by atoms with Crippen molar-refractivity contribution in [3.8, 4) is 5.88 Å². The molecule has 0 aromatic carbocycles. The number of hydrogen-bond acceptors (Lipinski definition) is 4. The Hall–Kier alpha value is -0.870. The van der Waals surface area contributed by atoms with Crippen molar-refractivity contribution in [3.05, 3.63) is 17.5 Å². The molecule has 0 amide bonds. The Bertz CT molecular complexity index is 342. The summed E-state index contributed by atoms with van der Waals surface area (Å²) in [6.45, 7) is 3.02. The standard InChI is InChI=1S/C12H18ClN3O/c13-12-15-7-5-11(16-12)17-8-2-4-10-3-1-6-14-9-10/h5,7,10,14H,1-4,6,8-9H2/t10-/m1/s1. The molecule has 1 fully saturated rings. The molecule has 4 nitrogen and oxygen atoms in total. The minimum Gasteiger partial charge on any atom is -0.478 e.